The number of ether oxygens (including phenoxy) is 2. The van der Waals surface area contributed by atoms with Crippen molar-refractivity contribution in [2.45, 2.75) is 13.5 Å². The lowest BCUT2D eigenvalue weighted by molar-refractivity contribution is 0.0526. The van der Waals surface area contributed by atoms with Gasteiger partial charge in [0.15, 0.2) is 5.75 Å². The number of hydrogen-bond acceptors (Lipinski definition) is 4. The molecule has 5 nitrogen and oxygen atoms in total. The van der Waals surface area contributed by atoms with E-state index in [1.807, 2.05) is 30.3 Å². The summed E-state index contributed by atoms with van der Waals surface area (Å²) in [7, 11) is 0. The van der Waals surface area contributed by atoms with Crippen molar-refractivity contribution >= 4 is 5.97 Å². The topological polar surface area (TPSA) is 64.2 Å². The van der Waals surface area contributed by atoms with Gasteiger partial charge in [0.1, 0.15) is 18.2 Å². The highest BCUT2D eigenvalue weighted by Crippen LogP contribution is 2.23. The van der Waals surface area contributed by atoms with E-state index >= 15 is 0 Å². The molecule has 0 saturated heterocycles. The molecule has 0 atom stereocenters. The quantitative estimate of drug-likeness (QED) is 0.630. The summed E-state index contributed by atoms with van der Waals surface area (Å²) >= 11 is 0. The molecule has 26 heavy (non-hydrogen) atoms. The van der Waals surface area contributed by atoms with Gasteiger partial charge in [-0.3, -0.25) is 0 Å². The summed E-state index contributed by atoms with van der Waals surface area (Å²) in [6.07, 6.45) is 3.47. The lowest BCUT2D eigenvalue weighted by atomic mass is 10.2. The summed E-state index contributed by atoms with van der Waals surface area (Å²) in [5.41, 5.74) is 2.80. The third-order valence-electron chi connectivity index (χ3n) is 3.82. The fraction of sp³-hybridized carbons (Fsp3) is 0.143. The van der Waals surface area contributed by atoms with Gasteiger partial charge in [0.2, 0.25) is 0 Å². The zero-order valence-electron chi connectivity index (χ0n) is 14.4. The first kappa shape index (κ1) is 17.3. The van der Waals surface area contributed by atoms with Crippen molar-refractivity contribution in [3.8, 4) is 17.5 Å². The maximum Gasteiger partial charge on any atom is 0.338 e. The summed E-state index contributed by atoms with van der Waals surface area (Å²) in [6, 6.07) is 18.9. The molecule has 2 aromatic carbocycles. The van der Waals surface area contributed by atoms with Gasteiger partial charge in [-0.15, -0.1) is 0 Å². The van der Waals surface area contributed by atoms with E-state index in [2.05, 4.69) is 6.07 Å². The average molecular weight is 346 g/mol. The zero-order valence-corrected chi connectivity index (χ0v) is 14.4. The fourth-order valence-electron chi connectivity index (χ4n) is 2.50. The molecule has 1 heterocycles. The molecule has 0 bridgehead atoms. The third-order valence-corrected chi connectivity index (χ3v) is 3.82. The molecule has 3 rings (SSSR count). The second-order valence-electron chi connectivity index (χ2n) is 5.60. The first-order valence-corrected chi connectivity index (χ1v) is 8.27. The minimum absolute atomic E-state index is 0.339. The van der Waals surface area contributed by atoms with Crippen LogP contribution in [0.5, 0.6) is 5.75 Å². The number of nitrogens with zero attached hydrogens (tertiary/aromatic N) is 2. The van der Waals surface area contributed by atoms with Crippen LogP contribution in [0, 0.1) is 11.3 Å². The summed E-state index contributed by atoms with van der Waals surface area (Å²) in [4.78, 5) is 11.7. The van der Waals surface area contributed by atoms with E-state index in [0.717, 1.165) is 11.3 Å². The number of aromatic nitrogens is 1. The molecule has 0 spiro atoms. The Kier molecular flexibility index (Phi) is 5.35. The second-order valence-corrected chi connectivity index (χ2v) is 5.60. The highest BCUT2D eigenvalue weighted by molar-refractivity contribution is 5.89. The van der Waals surface area contributed by atoms with Crippen LogP contribution < -0.4 is 4.74 Å². The summed E-state index contributed by atoms with van der Waals surface area (Å²) in [5, 5.41) is 9.35. The lowest BCUT2D eigenvalue weighted by Gasteiger charge is -2.06. The molecule has 0 aliphatic rings. The first-order valence-electron chi connectivity index (χ1n) is 8.27. The molecule has 0 amide bonds. The highest BCUT2D eigenvalue weighted by Gasteiger charge is 2.11. The van der Waals surface area contributed by atoms with Crippen LogP contribution in [0.4, 0.5) is 0 Å². The predicted octanol–water partition coefficient (Wildman–Crippen LogP) is 4.10. The van der Waals surface area contributed by atoms with E-state index < -0.39 is 0 Å². The number of carbonyl (C=O) groups excluding carboxylic acids is 1. The Hall–Kier alpha value is -3.52. The Morgan fingerprint density at radius 3 is 2.46 bits per heavy atom. The molecule has 0 N–H and O–H groups in total. The van der Waals surface area contributed by atoms with E-state index in [1.54, 1.807) is 48.1 Å². The van der Waals surface area contributed by atoms with Crippen molar-refractivity contribution in [2.75, 3.05) is 6.61 Å². The average Bonchev–Trinajstić information content (AvgIpc) is 3.11. The van der Waals surface area contributed by atoms with Crippen LogP contribution in [0.3, 0.4) is 0 Å². The summed E-state index contributed by atoms with van der Waals surface area (Å²) < 4.78 is 12.6. The van der Waals surface area contributed by atoms with Crippen LogP contribution in [0.15, 0.2) is 67.0 Å². The Morgan fingerprint density at radius 1 is 1.08 bits per heavy atom. The van der Waals surface area contributed by atoms with Gasteiger partial charge in [-0.05, 0) is 36.8 Å². The number of hydrogen-bond donors (Lipinski definition) is 0. The normalized spacial score (nSPS) is 10.2. The van der Waals surface area contributed by atoms with Gasteiger partial charge in [0.25, 0.3) is 0 Å². The number of rotatable bonds is 6. The predicted molar refractivity (Wildman–Crippen MR) is 97.2 cm³/mol. The van der Waals surface area contributed by atoms with Crippen molar-refractivity contribution in [2.24, 2.45) is 0 Å². The molecule has 0 aliphatic carbocycles. The van der Waals surface area contributed by atoms with E-state index in [4.69, 9.17) is 9.47 Å². The van der Waals surface area contributed by atoms with Gasteiger partial charge in [-0.2, -0.15) is 5.26 Å². The minimum Gasteiger partial charge on any atom is -0.486 e. The second kappa shape index (κ2) is 8.04. The molecule has 0 radical (unpaired) electrons. The van der Waals surface area contributed by atoms with Crippen molar-refractivity contribution < 1.29 is 14.3 Å². The molecular weight excluding hydrogens is 328 g/mol. The van der Waals surface area contributed by atoms with Crippen LogP contribution in [0.1, 0.15) is 28.4 Å². The summed E-state index contributed by atoms with van der Waals surface area (Å²) in [6.45, 7) is 2.50. The van der Waals surface area contributed by atoms with Gasteiger partial charge in [0, 0.05) is 11.9 Å². The Bertz CT molecular complexity index is 922. The Morgan fingerprint density at radius 2 is 1.81 bits per heavy atom. The largest absolute Gasteiger partial charge is 0.486 e. The van der Waals surface area contributed by atoms with Crippen molar-refractivity contribution in [3.05, 3.63) is 83.7 Å². The van der Waals surface area contributed by atoms with Gasteiger partial charge in [-0.1, -0.05) is 30.3 Å². The SMILES string of the molecule is CCOC(=O)c1ccc(-n2cc(C#N)c(OCc3ccccc3)c2)cc1. The zero-order chi connectivity index (χ0) is 18.4. The van der Waals surface area contributed by atoms with Crippen LogP contribution in [-0.4, -0.2) is 17.1 Å². The lowest BCUT2D eigenvalue weighted by Crippen LogP contribution is -2.04. The molecule has 5 heteroatoms. The molecule has 1 aromatic heterocycles. The van der Waals surface area contributed by atoms with Crippen molar-refractivity contribution in [1.82, 2.24) is 4.57 Å². The van der Waals surface area contributed by atoms with Gasteiger partial charge < -0.3 is 14.0 Å². The maximum absolute atomic E-state index is 11.7. The first-order chi connectivity index (χ1) is 12.7. The van der Waals surface area contributed by atoms with E-state index in [0.29, 0.717) is 30.1 Å². The number of carbonyl (C=O) groups is 1. The van der Waals surface area contributed by atoms with Gasteiger partial charge in [0.05, 0.1) is 18.4 Å². The Labute approximate surface area is 152 Å². The van der Waals surface area contributed by atoms with Crippen molar-refractivity contribution in [1.29, 1.82) is 5.26 Å². The highest BCUT2D eigenvalue weighted by atomic mass is 16.5. The molecule has 0 unspecified atom stereocenters. The molecule has 130 valence electrons. The van der Waals surface area contributed by atoms with E-state index in [1.165, 1.54) is 0 Å². The number of esters is 1. The smallest absolute Gasteiger partial charge is 0.338 e. The molecular formula is C21H18N2O3. The van der Waals surface area contributed by atoms with Gasteiger partial charge in [-0.25, -0.2) is 4.79 Å². The molecule has 0 saturated carbocycles. The Balaban J connectivity index is 1.77. The summed E-state index contributed by atoms with van der Waals surface area (Å²) in [5.74, 6) is 0.168. The van der Waals surface area contributed by atoms with Gasteiger partial charge >= 0.3 is 5.97 Å². The van der Waals surface area contributed by atoms with Crippen LogP contribution >= 0.6 is 0 Å². The van der Waals surface area contributed by atoms with Crippen LogP contribution in [-0.2, 0) is 11.3 Å². The molecule has 0 fully saturated rings. The standard InChI is InChI=1S/C21H18N2O3/c1-2-25-21(24)17-8-10-19(11-9-17)23-13-18(12-22)20(14-23)26-15-16-6-4-3-5-7-16/h3-11,13-14H,2,15H2,1H3. The van der Waals surface area contributed by atoms with Crippen LogP contribution in [0.2, 0.25) is 0 Å². The maximum atomic E-state index is 11.7. The minimum atomic E-state index is -0.351. The number of nitriles is 1. The third kappa shape index (κ3) is 3.93. The fourth-order valence-corrected chi connectivity index (χ4v) is 2.50. The van der Waals surface area contributed by atoms with E-state index in [-0.39, 0.29) is 5.97 Å². The van der Waals surface area contributed by atoms with Crippen LogP contribution in [0.25, 0.3) is 5.69 Å². The number of benzene rings is 2. The monoisotopic (exact) mass is 346 g/mol. The molecule has 0 aliphatic heterocycles. The van der Waals surface area contributed by atoms with E-state index in [9.17, 15) is 10.1 Å². The molecule has 3 aromatic rings. The van der Waals surface area contributed by atoms with Crippen molar-refractivity contribution in [3.63, 3.8) is 0 Å².